The molecule has 106 valence electrons. The van der Waals surface area contributed by atoms with Gasteiger partial charge >= 0.3 is 0 Å². The van der Waals surface area contributed by atoms with Gasteiger partial charge in [0.15, 0.2) is 0 Å². The second-order valence-electron chi connectivity index (χ2n) is 4.54. The van der Waals surface area contributed by atoms with Crippen LogP contribution in [0.4, 0.5) is 5.69 Å². The van der Waals surface area contributed by atoms with Gasteiger partial charge in [-0.3, -0.25) is 4.31 Å². The van der Waals surface area contributed by atoms with E-state index in [-0.39, 0.29) is 11.5 Å². The fourth-order valence-electron chi connectivity index (χ4n) is 1.85. The SMILES string of the molecule is CN(c1ccc(O)cc1)S(=O)(=O)CCc1ccccc1. The standard InChI is InChI=1S/C15H17NO3S/c1-16(14-7-9-15(17)10-8-14)20(18,19)12-11-13-5-3-2-4-6-13/h2-10,17H,11-12H2,1H3. The van der Waals surface area contributed by atoms with Gasteiger partial charge in [-0.2, -0.15) is 0 Å². The van der Waals surface area contributed by atoms with E-state index in [0.29, 0.717) is 12.1 Å². The molecule has 0 aliphatic heterocycles. The Kier molecular flexibility index (Phi) is 4.29. The molecule has 4 nitrogen and oxygen atoms in total. The Morgan fingerprint density at radius 1 is 1.00 bits per heavy atom. The zero-order chi connectivity index (χ0) is 14.6. The molecule has 0 aliphatic carbocycles. The van der Waals surface area contributed by atoms with Crippen LogP contribution < -0.4 is 4.31 Å². The predicted octanol–water partition coefficient (Wildman–Crippen LogP) is 2.40. The summed E-state index contributed by atoms with van der Waals surface area (Å²) in [5.74, 6) is 0.165. The van der Waals surface area contributed by atoms with E-state index in [0.717, 1.165) is 5.56 Å². The molecule has 0 unspecified atom stereocenters. The Morgan fingerprint density at radius 3 is 2.20 bits per heavy atom. The first kappa shape index (κ1) is 14.4. The summed E-state index contributed by atoms with van der Waals surface area (Å²) in [7, 11) is -1.85. The van der Waals surface area contributed by atoms with E-state index in [9.17, 15) is 13.5 Å². The van der Waals surface area contributed by atoms with Crippen LogP contribution in [0.2, 0.25) is 0 Å². The van der Waals surface area contributed by atoms with Crippen molar-refractivity contribution in [3.8, 4) is 5.75 Å². The molecule has 0 saturated heterocycles. The summed E-state index contributed by atoms with van der Waals surface area (Å²) in [6.07, 6.45) is 0.478. The first-order valence-corrected chi connectivity index (χ1v) is 7.89. The number of aryl methyl sites for hydroxylation is 1. The van der Waals surface area contributed by atoms with E-state index in [1.54, 1.807) is 12.1 Å². The number of hydrogen-bond donors (Lipinski definition) is 1. The van der Waals surface area contributed by atoms with Crippen molar-refractivity contribution in [1.29, 1.82) is 0 Å². The molecule has 0 bridgehead atoms. The molecule has 0 atom stereocenters. The van der Waals surface area contributed by atoms with Crippen molar-refractivity contribution in [1.82, 2.24) is 0 Å². The third-order valence-electron chi connectivity index (χ3n) is 3.12. The molecule has 0 saturated carbocycles. The van der Waals surface area contributed by atoms with E-state index in [2.05, 4.69) is 0 Å². The second kappa shape index (κ2) is 5.96. The maximum Gasteiger partial charge on any atom is 0.235 e. The maximum absolute atomic E-state index is 12.3. The molecule has 0 spiro atoms. The molecule has 0 aliphatic rings. The van der Waals surface area contributed by atoms with Crippen LogP contribution in [0.1, 0.15) is 5.56 Å². The van der Waals surface area contributed by atoms with Crippen molar-refractivity contribution in [2.24, 2.45) is 0 Å². The Labute approximate surface area is 119 Å². The minimum atomic E-state index is -3.37. The van der Waals surface area contributed by atoms with E-state index >= 15 is 0 Å². The Balaban J connectivity index is 2.08. The molecule has 2 aromatic rings. The van der Waals surface area contributed by atoms with E-state index < -0.39 is 10.0 Å². The van der Waals surface area contributed by atoms with Crippen LogP contribution in [0.3, 0.4) is 0 Å². The molecule has 2 rings (SSSR count). The van der Waals surface area contributed by atoms with Crippen LogP contribution in [0.5, 0.6) is 5.75 Å². The van der Waals surface area contributed by atoms with Gasteiger partial charge in [0.1, 0.15) is 5.75 Å². The lowest BCUT2D eigenvalue weighted by molar-refractivity contribution is 0.475. The predicted molar refractivity (Wildman–Crippen MR) is 80.4 cm³/mol. The summed E-state index contributed by atoms with van der Waals surface area (Å²) in [5, 5.41) is 9.23. The van der Waals surface area contributed by atoms with E-state index in [1.807, 2.05) is 30.3 Å². The lowest BCUT2D eigenvalue weighted by Crippen LogP contribution is -2.29. The summed E-state index contributed by atoms with van der Waals surface area (Å²) in [6, 6.07) is 15.6. The number of benzene rings is 2. The first-order chi connectivity index (χ1) is 9.49. The van der Waals surface area contributed by atoms with Gasteiger partial charge in [-0.05, 0) is 36.2 Å². The Morgan fingerprint density at radius 2 is 1.60 bits per heavy atom. The maximum atomic E-state index is 12.3. The molecular formula is C15H17NO3S. The molecule has 1 N–H and O–H groups in total. The molecule has 0 fully saturated rings. The third kappa shape index (κ3) is 3.51. The van der Waals surface area contributed by atoms with Gasteiger partial charge in [-0.25, -0.2) is 8.42 Å². The van der Waals surface area contributed by atoms with Crippen molar-refractivity contribution in [3.63, 3.8) is 0 Å². The highest BCUT2D eigenvalue weighted by atomic mass is 32.2. The molecule has 20 heavy (non-hydrogen) atoms. The molecule has 0 radical (unpaired) electrons. The van der Waals surface area contributed by atoms with Gasteiger partial charge in [-0.1, -0.05) is 30.3 Å². The van der Waals surface area contributed by atoms with E-state index in [4.69, 9.17) is 0 Å². The smallest absolute Gasteiger partial charge is 0.235 e. The van der Waals surface area contributed by atoms with Gasteiger partial charge in [0.05, 0.1) is 11.4 Å². The summed E-state index contributed by atoms with van der Waals surface area (Å²) >= 11 is 0. The normalized spacial score (nSPS) is 11.2. The minimum absolute atomic E-state index is 0.0500. The highest BCUT2D eigenvalue weighted by molar-refractivity contribution is 7.92. The van der Waals surface area contributed by atoms with Crippen molar-refractivity contribution in [3.05, 3.63) is 60.2 Å². The number of hydrogen-bond acceptors (Lipinski definition) is 3. The van der Waals surface area contributed by atoms with Gasteiger partial charge < -0.3 is 5.11 Å². The number of nitrogens with zero attached hydrogens (tertiary/aromatic N) is 1. The summed E-state index contributed by atoms with van der Waals surface area (Å²) in [5.41, 5.74) is 1.53. The zero-order valence-corrected chi connectivity index (χ0v) is 12.0. The molecular weight excluding hydrogens is 274 g/mol. The number of anilines is 1. The minimum Gasteiger partial charge on any atom is -0.508 e. The van der Waals surface area contributed by atoms with Crippen LogP contribution in [0.25, 0.3) is 0 Å². The summed E-state index contributed by atoms with van der Waals surface area (Å²) in [6.45, 7) is 0. The lowest BCUT2D eigenvalue weighted by atomic mass is 10.2. The molecule has 2 aromatic carbocycles. The fourth-order valence-corrected chi connectivity index (χ4v) is 3.06. The largest absolute Gasteiger partial charge is 0.508 e. The Bertz CT molecular complexity index is 651. The molecule has 0 aromatic heterocycles. The number of phenols is 1. The van der Waals surface area contributed by atoms with Gasteiger partial charge in [-0.15, -0.1) is 0 Å². The summed E-state index contributed by atoms with van der Waals surface area (Å²) < 4.78 is 25.8. The second-order valence-corrected chi connectivity index (χ2v) is 6.66. The van der Waals surface area contributed by atoms with Crippen molar-refractivity contribution < 1.29 is 13.5 Å². The fraction of sp³-hybridized carbons (Fsp3) is 0.200. The molecule has 0 heterocycles. The number of aromatic hydroxyl groups is 1. The molecule has 5 heteroatoms. The van der Waals surface area contributed by atoms with Crippen molar-refractivity contribution >= 4 is 15.7 Å². The van der Waals surface area contributed by atoms with E-state index in [1.165, 1.54) is 23.5 Å². The Hall–Kier alpha value is -2.01. The monoisotopic (exact) mass is 291 g/mol. The van der Waals surface area contributed by atoms with Gasteiger partial charge in [0.25, 0.3) is 0 Å². The first-order valence-electron chi connectivity index (χ1n) is 6.28. The van der Waals surface area contributed by atoms with Crippen LogP contribution in [0.15, 0.2) is 54.6 Å². The average Bonchev–Trinajstić information content (AvgIpc) is 2.46. The van der Waals surface area contributed by atoms with Gasteiger partial charge in [0, 0.05) is 7.05 Å². The van der Waals surface area contributed by atoms with Crippen LogP contribution >= 0.6 is 0 Å². The third-order valence-corrected chi connectivity index (χ3v) is 4.89. The lowest BCUT2D eigenvalue weighted by Gasteiger charge is -2.19. The van der Waals surface area contributed by atoms with Crippen molar-refractivity contribution in [2.45, 2.75) is 6.42 Å². The number of sulfonamides is 1. The zero-order valence-electron chi connectivity index (χ0n) is 11.2. The average molecular weight is 291 g/mol. The molecule has 0 amide bonds. The highest BCUT2D eigenvalue weighted by Gasteiger charge is 2.18. The van der Waals surface area contributed by atoms with Crippen molar-refractivity contribution in [2.75, 3.05) is 17.1 Å². The summed E-state index contributed by atoms with van der Waals surface area (Å²) in [4.78, 5) is 0. The van der Waals surface area contributed by atoms with Crippen LogP contribution in [0, 0.1) is 0 Å². The van der Waals surface area contributed by atoms with Gasteiger partial charge in [0.2, 0.25) is 10.0 Å². The highest BCUT2D eigenvalue weighted by Crippen LogP contribution is 2.20. The number of phenolic OH excluding ortho intramolecular Hbond substituents is 1. The van der Waals surface area contributed by atoms with Crippen LogP contribution in [-0.2, 0) is 16.4 Å². The number of rotatable bonds is 5. The quantitative estimate of drug-likeness (QED) is 0.920. The topological polar surface area (TPSA) is 57.6 Å². The van der Waals surface area contributed by atoms with Crippen LogP contribution in [-0.4, -0.2) is 26.3 Å².